The highest BCUT2D eigenvalue weighted by Crippen LogP contribution is 2.38. The summed E-state index contributed by atoms with van der Waals surface area (Å²) in [6.07, 6.45) is 7.50. The average molecular weight is 377 g/mol. The highest BCUT2D eigenvalue weighted by Gasteiger charge is 2.21. The van der Waals surface area contributed by atoms with Crippen LogP contribution in [-0.4, -0.2) is 21.4 Å². The monoisotopic (exact) mass is 377 g/mol. The molecule has 1 fully saturated rings. The summed E-state index contributed by atoms with van der Waals surface area (Å²) in [5, 5.41) is 18.2. The molecule has 2 aromatic rings. The van der Waals surface area contributed by atoms with Crippen LogP contribution < -0.4 is 11.2 Å². The van der Waals surface area contributed by atoms with Crippen LogP contribution in [0, 0.1) is 10.1 Å². The molecule has 0 radical (unpaired) electrons. The van der Waals surface area contributed by atoms with Gasteiger partial charge in [0.15, 0.2) is 0 Å². The van der Waals surface area contributed by atoms with Crippen molar-refractivity contribution in [2.45, 2.75) is 42.2 Å². The molecule has 3 N–H and O–H groups in total. The standard InChI is InChI=1S/C16H19N5O2S2/c17-15-10-24-16(19-15)20-18-9-11-6-7-14(13(8-11)21(22)23)25-12-4-2-1-3-5-12/h6-10,12H,1-5,17H2,(H,19,20). The van der Waals surface area contributed by atoms with Crippen LogP contribution in [-0.2, 0) is 0 Å². The maximum absolute atomic E-state index is 11.4. The zero-order valence-electron chi connectivity index (χ0n) is 13.6. The fraction of sp³-hybridized carbons (Fsp3) is 0.375. The minimum absolute atomic E-state index is 0.137. The Morgan fingerprint density at radius 3 is 2.88 bits per heavy atom. The average Bonchev–Trinajstić information content (AvgIpc) is 3.02. The van der Waals surface area contributed by atoms with Crippen molar-refractivity contribution >= 4 is 46.0 Å². The van der Waals surface area contributed by atoms with E-state index in [1.807, 2.05) is 12.1 Å². The van der Waals surface area contributed by atoms with Gasteiger partial charge in [-0.05, 0) is 18.9 Å². The Bertz CT molecular complexity index is 772. The Balaban J connectivity index is 1.70. The van der Waals surface area contributed by atoms with Crippen LogP contribution in [0.1, 0.15) is 37.7 Å². The predicted octanol–water partition coefficient (Wildman–Crippen LogP) is 4.50. The summed E-state index contributed by atoms with van der Waals surface area (Å²) in [6.45, 7) is 0. The lowest BCUT2D eigenvalue weighted by molar-refractivity contribution is -0.387. The van der Waals surface area contributed by atoms with Crippen LogP contribution in [0.4, 0.5) is 16.6 Å². The molecule has 9 heteroatoms. The second kappa shape index (κ2) is 8.30. The van der Waals surface area contributed by atoms with Crippen molar-refractivity contribution in [3.63, 3.8) is 0 Å². The molecule has 0 saturated heterocycles. The highest BCUT2D eigenvalue weighted by atomic mass is 32.2. The van der Waals surface area contributed by atoms with Gasteiger partial charge >= 0.3 is 0 Å². The van der Waals surface area contributed by atoms with E-state index in [0.717, 1.165) is 17.7 Å². The molecular weight excluding hydrogens is 358 g/mol. The van der Waals surface area contributed by atoms with E-state index >= 15 is 0 Å². The summed E-state index contributed by atoms with van der Waals surface area (Å²) < 4.78 is 0. The number of thiazole rings is 1. The number of anilines is 2. The van der Waals surface area contributed by atoms with E-state index in [4.69, 9.17) is 5.73 Å². The Hall–Kier alpha value is -2.13. The van der Waals surface area contributed by atoms with Crippen LogP contribution in [0.25, 0.3) is 0 Å². The number of nitrogens with one attached hydrogen (secondary N) is 1. The number of benzene rings is 1. The normalized spacial score (nSPS) is 15.5. The summed E-state index contributed by atoms with van der Waals surface area (Å²) in [7, 11) is 0. The fourth-order valence-corrected chi connectivity index (χ4v) is 4.60. The van der Waals surface area contributed by atoms with E-state index < -0.39 is 0 Å². The van der Waals surface area contributed by atoms with Gasteiger partial charge in [0.2, 0.25) is 5.13 Å². The van der Waals surface area contributed by atoms with Crippen molar-refractivity contribution in [2.75, 3.05) is 11.2 Å². The van der Waals surface area contributed by atoms with Crippen molar-refractivity contribution in [3.8, 4) is 0 Å². The van der Waals surface area contributed by atoms with Crippen molar-refractivity contribution in [2.24, 2.45) is 5.10 Å². The van der Waals surface area contributed by atoms with Gasteiger partial charge in [-0.15, -0.1) is 23.1 Å². The maximum Gasteiger partial charge on any atom is 0.283 e. The molecule has 7 nitrogen and oxygen atoms in total. The lowest BCUT2D eigenvalue weighted by atomic mass is 10.0. The molecule has 3 rings (SSSR count). The van der Waals surface area contributed by atoms with Crippen molar-refractivity contribution in [3.05, 3.63) is 39.3 Å². The first-order valence-electron chi connectivity index (χ1n) is 8.07. The van der Waals surface area contributed by atoms with E-state index in [1.54, 1.807) is 29.4 Å². The largest absolute Gasteiger partial charge is 0.383 e. The van der Waals surface area contributed by atoms with Crippen LogP contribution >= 0.6 is 23.1 Å². The minimum atomic E-state index is -0.322. The third-order valence-corrected chi connectivity index (χ3v) is 6.09. The van der Waals surface area contributed by atoms with Gasteiger partial charge in [0, 0.05) is 22.3 Å². The highest BCUT2D eigenvalue weighted by molar-refractivity contribution is 8.00. The number of nitrogens with zero attached hydrogens (tertiary/aromatic N) is 3. The number of hydrogen-bond donors (Lipinski definition) is 2. The Labute approximate surface area is 153 Å². The van der Waals surface area contributed by atoms with E-state index in [1.165, 1.54) is 30.6 Å². The van der Waals surface area contributed by atoms with Gasteiger partial charge in [-0.25, -0.2) is 4.98 Å². The third-order valence-electron chi connectivity index (χ3n) is 3.92. The molecular formula is C16H19N5O2S2. The van der Waals surface area contributed by atoms with Crippen LogP contribution in [0.2, 0.25) is 0 Å². The molecule has 1 heterocycles. The van der Waals surface area contributed by atoms with Gasteiger partial charge in [-0.3, -0.25) is 15.5 Å². The van der Waals surface area contributed by atoms with Crippen LogP contribution in [0.5, 0.6) is 0 Å². The first-order chi connectivity index (χ1) is 12.1. The smallest absolute Gasteiger partial charge is 0.283 e. The molecule has 0 unspecified atom stereocenters. The van der Waals surface area contributed by atoms with E-state index in [2.05, 4.69) is 15.5 Å². The molecule has 0 amide bonds. The maximum atomic E-state index is 11.4. The first-order valence-corrected chi connectivity index (χ1v) is 9.83. The summed E-state index contributed by atoms with van der Waals surface area (Å²) in [5.74, 6) is 0.433. The van der Waals surface area contributed by atoms with E-state index in [0.29, 0.717) is 21.8 Å². The predicted molar refractivity (Wildman–Crippen MR) is 104 cm³/mol. The molecule has 1 aliphatic carbocycles. The second-order valence-corrected chi connectivity index (χ2v) is 8.01. The van der Waals surface area contributed by atoms with Crippen LogP contribution in [0.3, 0.4) is 0 Å². The Kier molecular flexibility index (Phi) is 5.87. The number of hydrazone groups is 1. The number of rotatable bonds is 6. The molecule has 1 aromatic carbocycles. The number of nitro benzene ring substituents is 1. The van der Waals surface area contributed by atoms with Gasteiger partial charge in [-0.1, -0.05) is 25.3 Å². The SMILES string of the molecule is Nc1csc(NN=Cc2ccc(SC3CCCCC3)c([N+](=O)[O-])c2)n1. The van der Waals surface area contributed by atoms with Crippen LogP contribution in [0.15, 0.2) is 33.6 Å². The van der Waals surface area contributed by atoms with Gasteiger partial charge in [-0.2, -0.15) is 5.10 Å². The molecule has 0 spiro atoms. The second-order valence-electron chi connectivity index (χ2n) is 5.81. The summed E-state index contributed by atoms with van der Waals surface area (Å²) in [4.78, 5) is 15.9. The minimum Gasteiger partial charge on any atom is -0.383 e. The number of thioether (sulfide) groups is 1. The van der Waals surface area contributed by atoms with Crippen molar-refractivity contribution < 1.29 is 4.92 Å². The van der Waals surface area contributed by atoms with Gasteiger partial charge in [0.1, 0.15) is 5.82 Å². The lowest BCUT2D eigenvalue weighted by Gasteiger charge is -2.20. The van der Waals surface area contributed by atoms with Gasteiger partial charge in [0.05, 0.1) is 16.0 Å². The summed E-state index contributed by atoms with van der Waals surface area (Å²) in [5.41, 5.74) is 9.10. The molecule has 1 aliphatic rings. The number of aromatic nitrogens is 1. The molecule has 0 atom stereocenters. The topological polar surface area (TPSA) is 106 Å². The number of nitrogens with two attached hydrogens (primary N) is 1. The molecule has 0 bridgehead atoms. The van der Waals surface area contributed by atoms with Gasteiger partial charge < -0.3 is 5.73 Å². The molecule has 1 saturated carbocycles. The van der Waals surface area contributed by atoms with Crippen molar-refractivity contribution in [1.82, 2.24) is 4.98 Å². The first kappa shape index (κ1) is 17.7. The summed E-state index contributed by atoms with van der Waals surface area (Å²) in [6, 6.07) is 5.23. The lowest BCUT2D eigenvalue weighted by Crippen LogP contribution is -2.08. The van der Waals surface area contributed by atoms with E-state index in [-0.39, 0.29) is 10.6 Å². The quantitative estimate of drug-likeness (QED) is 0.436. The zero-order chi connectivity index (χ0) is 17.6. The Morgan fingerprint density at radius 1 is 1.40 bits per heavy atom. The van der Waals surface area contributed by atoms with E-state index in [9.17, 15) is 10.1 Å². The molecule has 25 heavy (non-hydrogen) atoms. The molecule has 1 aromatic heterocycles. The van der Waals surface area contributed by atoms with Gasteiger partial charge in [0.25, 0.3) is 5.69 Å². The third kappa shape index (κ3) is 4.93. The molecule has 132 valence electrons. The zero-order valence-corrected chi connectivity index (χ0v) is 15.2. The Morgan fingerprint density at radius 2 is 2.20 bits per heavy atom. The molecule has 0 aliphatic heterocycles. The summed E-state index contributed by atoms with van der Waals surface area (Å²) >= 11 is 2.97. The fourth-order valence-electron chi connectivity index (χ4n) is 2.72. The number of hydrogen-bond acceptors (Lipinski definition) is 8. The number of nitro groups is 1. The van der Waals surface area contributed by atoms with Crippen molar-refractivity contribution in [1.29, 1.82) is 0 Å². The number of nitrogen functional groups attached to an aromatic ring is 1.